The van der Waals surface area contributed by atoms with E-state index in [2.05, 4.69) is 41.2 Å². The van der Waals surface area contributed by atoms with Crippen LogP contribution in [0.15, 0.2) is 30.5 Å². The van der Waals surface area contributed by atoms with E-state index >= 15 is 0 Å². The number of pyridine rings is 1. The van der Waals surface area contributed by atoms with Gasteiger partial charge in [0.2, 0.25) is 5.88 Å². The van der Waals surface area contributed by atoms with Gasteiger partial charge in [0.05, 0.1) is 18.5 Å². The van der Waals surface area contributed by atoms with Crippen LogP contribution in [0.1, 0.15) is 20.3 Å². The number of nitrogens with zero attached hydrogens (tertiary/aromatic N) is 3. The number of aromatic nitrogens is 1. The summed E-state index contributed by atoms with van der Waals surface area (Å²) in [7, 11) is 0. The normalized spacial score (nSPS) is 20.8. The van der Waals surface area contributed by atoms with Crippen LogP contribution in [0.3, 0.4) is 0 Å². The monoisotopic (exact) mass is 330 g/mol. The number of likely N-dealkylation sites (tertiary alicyclic amines) is 1. The molecule has 3 rings (SSSR count). The minimum atomic E-state index is -0.0534. The van der Waals surface area contributed by atoms with Gasteiger partial charge in [-0.1, -0.05) is 26.0 Å². The van der Waals surface area contributed by atoms with Gasteiger partial charge in [-0.05, 0) is 18.4 Å². The maximum atomic E-state index is 12.4. The van der Waals surface area contributed by atoms with Crippen LogP contribution in [0.4, 0.5) is 10.5 Å². The largest absolute Gasteiger partial charge is 0.477 e. The molecular formula is C18H26N4O2. The standard InChI is InChI=1S/C18H26N4O2/c1-14(2)13-24-17-6-5-15(11-19-17)20-18(23)22-10-7-16(12-22)21-8-3-4-9-21/h3-6,11,14,16H,7-10,12-13H2,1-2H3,(H,20,23)/t16-/m0/s1. The second-order valence-corrected chi connectivity index (χ2v) is 6.83. The number of hydrogen-bond acceptors (Lipinski definition) is 4. The van der Waals surface area contributed by atoms with Crippen molar-refractivity contribution in [3.63, 3.8) is 0 Å². The smallest absolute Gasteiger partial charge is 0.321 e. The maximum Gasteiger partial charge on any atom is 0.321 e. The van der Waals surface area contributed by atoms with Crippen LogP contribution in [0, 0.1) is 5.92 Å². The predicted octanol–water partition coefficient (Wildman–Crippen LogP) is 2.59. The van der Waals surface area contributed by atoms with Crippen molar-refractivity contribution in [2.75, 3.05) is 38.1 Å². The lowest BCUT2D eigenvalue weighted by atomic mass is 10.2. The average Bonchev–Trinajstić information content (AvgIpc) is 3.25. The van der Waals surface area contributed by atoms with Crippen LogP contribution < -0.4 is 10.1 Å². The van der Waals surface area contributed by atoms with Gasteiger partial charge in [0.15, 0.2) is 0 Å². The van der Waals surface area contributed by atoms with E-state index in [1.165, 1.54) is 0 Å². The first-order valence-corrected chi connectivity index (χ1v) is 8.65. The first kappa shape index (κ1) is 16.8. The molecule has 0 radical (unpaired) electrons. The summed E-state index contributed by atoms with van der Waals surface area (Å²) in [4.78, 5) is 20.9. The van der Waals surface area contributed by atoms with E-state index in [1.807, 2.05) is 11.0 Å². The van der Waals surface area contributed by atoms with Crippen LogP contribution in [-0.2, 0) is 0 Å². The molecule has 1 aromatic heterocycles. The van der Waals surface area contributed by atoms with Gasteiger partial charge in [0.1, 0.15) is 0 Å². The minimum Gasteiger partial charge on any atom is -0.477 e. The number of carbonyl (C=O) groups excluding carboxylic acids is 1. The molecule has 0 saturated carbocycles. The quantitative estimate of drug-likeness (QED) is 0.843. The first-order chi connectivity index (χ1) is 11.6. The average molecular weight is 330 g/mol. The predicted molar refractivity (Wildman–Crippen MR) is 94.3 cm³/mol. The van der Waals surface area contributed by atoms with E-state index in [0.717, 1.165) is 32.6 Å². The minimum absolute atomic E-state index is 0.0534. The van der Waals surface area contributed by atoms with Crippen molar-refractivity contribution in [1.29, 1.82) is 0 Å². The summed E-state index contributed by atoms with van der Waals surface area (Å²) in [5.41, 5.74) is 0.697. The third-order valence-electron chi connectivity index (χ3n) is 4.37. The molecule has 2 aliphatic heterocycles. The third-order valence-corrected chi connectivity index (χ3v) is 4.37. The molecule has 1 aromatic rings. The van der Waals surface area contributed by atoms with Crippen LogP contribution in [0.2, 0.25) is 0 Å². The molecule has 2 aliphatic rings. The van der Waals surface area contributed by atoms with Crippen molar-refractivity contribution in [2.24, 2.45) is 5.92 Å². The molecule has 2 amide bonds. The lowest BCUT2D eigenvalue weighted by molar-refractivity contribution is 0.212. The Morgan fingerprint density at radius 3 is 2.83 bits per heavy atom. The number of ether oxygens (including phenoxy) is 1. The lowest BCUT2D eigenvalue weighted by Gasteiger charge is -2.23. The van der Waals surface area contributed by atoms with Gasteiger partial charge in [0.25, 0.3) is 0 Å². The lowest BCUT2D eigenvalue weighted by Crippen LogP contribution is -2.38. The maximum absolute atomic E-state index is 12.4. The molecule has 24 heavy (non-hydrogen) atoms. The Hall–Kier alpha value is -2.08. The molecule has 6 heteroatoms. The Morgan fingerprint density at radius 1 is 1.38 bits per heavy atom. The Kier molecular flexibility index (Phi) is 5.35. The zero-order chi connectivity index (χ0) is 16.9. The molecule has 1 saturated heterocycles. The van der Waals surface area contributed by atoms with Gasteiger partial charge in [-0.2, -0.15) is 0 Å². The number of nitrogens with one attached hydrogen (secondary N) is 1. The summed E-state index contributed by atoms with van der Waals surface area (Å²) in [6.45, 7) is 8.42. The van der Waals surface area contributed by atoms with Crippen molar-refractivity contribution in [2.45, 2.75) is 26.3 Å². The molecule has 0 spiro atoms. The molecule has 1 fully saturated rings. The van der Waals surface area contributed by atoms with Crippen LogP contribution >= 0.6 is 0 Å². The molecule has 6 nitrogen and oxygen atoms in total. The van der Waals surface area contributed by atoms with Crippen LogP contribution in [-0.4, -0.2) is 59.6 Å². The fourth-order valence-electron chi connectivity index (χ4n) is 3.01. The summed E-state index contributed by atoms with van der Waals surface area (Å²) in [5.74, 6) is 1.05. The molecule has 0 unspecified atom stereocenters. The van der Waals surface area contributed by atoms with Gasteiger partial charge in [-0.25, -0.2) is 9.78 Å². The van der Waals surface area contributed by atoms with E-state index in [9.17, 15) is 4.79 Å². The summed E-state index contributed by atoms with van der Waals surface area (Å²) in [5, 5.41) is 2.92. The fourth-order valence-corrected chi connectivity index (χ4v) is 3.01. The highest BCUT2D eigenvalue weighted by atomic mass is 16.5. The molecule has 0 bridgehead atoms. The summed E-state index contributed by atoms with van der Waals surface area (Å²) >= 11 is 0. The van der Waals surface area contributed by atoms with Gasteiger partial charge < -0.3 is 15.0 Å². The zero-order valence-corrected chi connectivity index (χ0v) is 14.4. The molecule has 0 aliphatic carbocycles. The third kappa shape index (κ3) is 4.26. The van der Waals surface area contributed by atoms with Crippen molar-refractivity contribution in [3.05, 3.63) is 30.5 Å². The Labute approximate surface area is 143 Å². The molecule has 130 valence electrons. The second-order valence-electron chi connectivity index (χ2n) is 6.83. The summed E-state index contributed by atoms with van der Waals surface area (Å²) in [6, 6.07) is 4.04. The van der Waals surface area contributed by atoms with Crippen molar-refractivity contribution >= 4 is 11.7 Å². The molecule has 1 N–H and O–H groups in total. The summed E-state index contributed by atoms with van der Waals surface area (Å²) < 4.78 is 5.55. The molecular weight excluding hydrogens is 304 g/mol. The van der Waals surface area contributed by atoms with Crippen molar-refractivity contribution in [3.8, 4) is 5.88 Å². The van der Waals surface area contributed by atoms with Crippen LogP contribution in [0.5, 0.6) is 5.88 Å². The highest BCUT2D eigenvalue weighted by Crippen LogP contribution is 2.19. The fraction of sp³-hybridized carbons (Fsp3) is 0.556. The Morgan fingerprint density at radius 2 is 2.17 bits per heavy atom. The molecule has 0 aromatic carbocycles. The molecule has 3 heterocycles. The van der Waals surface area contributed by atoms with Gasteiger partial charge in [-0.15, -0.1) is 0 Å². The van der Waals surface area contributed by atoms with Crippen molar-refractivity contribution < 1.29 is 9.53 Å². The van der Waals surface area contributed by atoms with E-state index < -0.39 is 0 Å². The SMILES string of the molecule is CC(C)COc1ccc(NC(=O)N2CC[C@H](N3CC=CC3)C2)cn1. The van der Waals surface area contributed by atoms with E-state index in [4.69, 9.17) is 4.74 Å². The number of hydrogen-bond donors (Lipinski definition) is 1. The number of rotatable bonds is 5. The van der Waals surface area contributed by atoms with E-state index in [-0.39, 0.29) is 6.03 Å². The highest BCUT2D eigenvalue weighted by molar-refractivity contribution is 5.89. The Bertz CT molecular complexity index is 577. The number of urea groups is 1. The second kappa shape index (κ2) is 7.66. The van der Waals surface area contributed by atoms with E-state index in [1.54, 1.807) is 12.3 Å². The first-order valence-electron chi connectivity index (χ1n) is 8.65. The van der Waals surface area contributed by atoms with Gasteiger partial charge in [-0.3, -0.25) is 4.90 Å². The highest BCUT2D eigenvalue weighted by Gasteiger charge is 2.30. The number of anilines is 1. The van der Waals surface area contributed by atoms with E-state index in [0.29, 0.717) is 30.1 Å². The number of carbonyl (C=O) groups is 1. The zero-order valence-electron chi connectivity index (χ0n) is 14.4. The Balaban J connectivity index is 1.48. The van der Waals surface area contributed by atoms with Gasteiger partial charge >= 0.3 is 6.03 Å². The number of amides is 2. The van der Waals surface area contributed by atoms with Crippen molar-refractivity contribution in [1.82, 2.24) is 14.8 Å². The van der Waals surface area contributed by atoms with Crippen LogP contribution in [0.25, 0.3) is 0 Å². The topological polar surface area (TPSA) is 57.7 Å². The van der Waals surface area contributed by atoms with Gasteiger partial charge in [0, 0.05) is 38.3 Å². The summed E-state index contributed by atoms with van der Waals surface area (Å²) in [6.07, 6.45) is 7.06. The molecule has 1 atom stereocenters.